The molecule has 1 heterocycles. The Kier molecular flexibility index (Phi) is 6.83. The van der Waals surface area contributed by atoms with Gasteiger partial charge >= 0.3 is 5.97 Å². The Balaban J connectivity index is 1.46. The minimum absolute atomic E-state index is 0.0753. The van der Waals surface area contributed by atoms with Gasteiger partial charge < -0.3 is 23.7 Å². The second-order valence-corrected chi connectivity index (χ2v) is 7.34. The lowest BCUT2D eigenvalue weighted by Crippen LogP contribution is -2.40. The molecule has 1 saturated carbocycles. The van der Waals surface area contributed by atoms with Crippen LogP contribution in [0.2, 0.25) is 0 Å². The first-order chi connectivity index (χ1) is 12.9. The van der Waals surface area contributed by atoms with Crippen LogP contribution in [0.15, 0.2) is 30.3 Å². The number of benzene rings is 1. The van der Waals surface area contributed by atoms with Crippen LogP contribution in [0.3, 0.4) is 0 Å². The standard InChI is InChI=1S/C20H29NO6/c1-14(22)24-9-10-25-17-11-16(18-19(17)27-20(2,3)26-18)21-13-23-12-15-7-5-4-6-8-15/h4-8,16-19,21H,9-13H2,1-3H3. The molecule has 7 heteroatoms. The van der Waals surface area contributed by atoms with E-state index >= 15 is 0 Å². The summed E-state index contributed by atoms with van der Waals surface area (Å²) in [6.07, 6.45) is 0.391. The number of hydrogen-bond donors (Lipinski definition) is 1. The number of hydrogen-bond acceptors (Lipinski definition) is 7. The van der Waals surface area contributed by atoms with Gasteiger partial charge in [-0.05, 0) is 25.8 Å². The summed E-state index contributed by atoms with van der Waals surface area (Å²) >= 11 is 0. The van der Waals surface area contributed by atoms with Crippen LogP contribution in [-0.2, 0) is 35.1 Å². The second-order valence-electron chi connectivity index (χ2n) is 7.34. The fourth-order valence-corrected chi connectivity index (χ4v) is 3.59. The molecule has 2 aliphatic rings. The third kappa shape index (κ3) is 5.73. The predicted octanol–water partition coefficient (Wildman–Crippen LogP) is 1.99. The normalized spacial score (nSPS) is 28.9. The summed E-state index contributed by atoms with van der Waals surface area (Å²) in [7, 11) is 0. The predicted molar refractivity (Wildman–Crippen MR) is 97.8 cm³/mol. The average molecular weight is 379 g/mol. The van der Waals surface area contributed by atoms with Gasteiger partial charge in [0.2, 0.25) is 0 Å². The van der Waals surface area contributed by atoms with Crippen molar-refractivity contribution < 1.29 is 28.5 Å². The highest BCUT2D eigenvalue weighted by Gasteiger charge is 2.54. The Morgan fingerprint density at radius 2 is 1.93 bits per heavy atom. The van der Waals surface area contributed by atoms with E-state index in [1.807, 2.05) is 44.2 Å². The van der Waals surface area contributed by atoms with Gasteiger partial charge in [-0.2, -0.15) is 0 Å². The van der Waals surface area contributed by atoms with Gasteiger partial charge in [0.05, 0.1) is 26.0 Å². The molecule has 0 spiro atoms. The highest BCUT2D eigenvalue weighted by Crippen LogP contribution is 2.39. The Bertz CT molecular complexity index is 608. The van der Waals surface area contributed by atoms with Crippen LogP contribution < -0.4 is 5.32 Å². The van der Waals surface area contributed by atoms with Gasteiger partial charge in [0.1, 0.15) is 18.8 Å². The Hall–Kier alpha value is -1.51. The molecule has 1 aliphatic heterocycles. The molecular weight excluding hydrogens is 350 g/mol. The highest BCUT2D eigenvalue weighted by molar-refractivity contribution is 5.65. The fourth-order valence-electron chi connectivity index (χ4n) is 3.59. The first-order valence-corrected chi connectivity index (χ1v) is 9.40. The lowest BCUT2D eigenvalue weighted by atomic mass is 10.2. The first-order valence-electron chi connectivity index (χ1n) is 9.40. The molecule has 150 valence electrons. The van der Waals surface area contributed by atoms with E-state index in [0.717, 1.165) is 12.0 Å². The van der Waals surface area contributed by atoms with Crippen molar-refractivity contribution >= 4 is 5.97 Å². The largest absolute Gasteiger partial charge is 0.463 e. The summed E-state index contributed by atoms with van der Waals surface area (Å²) in [5.74, 6) is -0.947. The molecule has 0 amide bonds. The van der Waals surface area contributed by atoms with Crippen molar-refractivity contribution in [3.05, 3.63) is 35.9 Å². The van der Waals surface area contributed by atoms with Crippen molar-refractivity contribution in [3.8, 4) is 0 Å². The number of esters is 1. The fraction of sp³-hybridized carbons (Fsp3) is 0.650. The SMILES string of the molecule is CC(=O)OCCOC1CC(NCOCc2ccccc2)C2OC(C)(C)OC12. The summed E-state index contributed by atoms with van der Waals surface area (Å²) in [6, 6.07) is 10.1. The minimum Gasteiger partial charge on any atom is -0.463 e. The molecule has 2 fully saturated rings. The molecule has 0 bridgehead atoms. The van der Waals surface area contributed by atoms with Gasteiger partial charge in [-0.15, -0.1) is 0 Å². The summed E-state index contributed by atoms with van der Waals surface area (Å²) in [4.78, 5) is 10.9. The van der Waals surface area contributed by atoms with Crippen LogP contribution >= 0.6 is 0 Å². The van der Waals surface area contributed by atoms with Crippen molar-refractivity contribution in [2.24, 2.45) is 0 Å². The van der Waals surface area contributed by atoms with E-state index in [1.165, 1.54) is 6.92 Å². The molecule has 0 radical (unpaired) electrons. The molecule has 0 aromatic heterocycles. The second kappa shape index (κ2) is 9.12. The molecular formula is C20H29NO6. The molecule has 4 atom stereocenters. The Labute approximate surface area is 160 Å². The number of ether oxygens (including phenoxy) is 5. The lowest BCUT2D eigenvalue weighted by Gasteiger charge is -2.24. The maximum atomic E-state index is 10.9. The zero-order valence-corrected chi connectivity index (χ0v) is 16.2. The van der Waals surface area contributed by atoms with Crippen molar-refractivity contribution in [3.63, 3.8) is 0 Å². The maximum absolute atomic E-state index is 10.9. The van der Waals surface area contributed by atoms with Gasteiger partial charge in [-0.25, -0.2) is 0 Å². The lowest BCUT2D eigenvalue weighted by molar-refractivity contribution is -0.170. The van der Waals surface area contributed by atoms with Crippen LogP contribution in [0.25, 0.3) is 0 Å². The summed E-state index contributed by atoms with van der Waals surface area (Å²) in [5.41, 5.74) is 1.14. The number of nitrogens with one attached hydrogen (secondary N) is 1. The number of fused-ring (bicyclic) bond motifs is 1. The van der Waals surface area contributed by atoms with E-state index in [1.54, 1.807) is 0 Å². The molecule has 1 aliphatic carbocycles. The molecule has 3 rings (SSSR count). The molecule has 27 heavy (non-hydrogen) atoms. The number of carbonyl (C=O) groups is 1. The van der Waals surface area contributed by atoms with Crippen molar-refractivity contribution in [2.45, 2.75) is 63.9 Å². The zero-order valence-electron chi connectivity index (χ0n) is 16.2. The van der Waals surface area contributed by atoms with Crippen LogP contribution in [0.1, 0.15) is 32.8 Å². The van der Waals surface area contributed by atoms with E-state index in [4.69, 9.17) is 23.7 Å². The first kappa shape index (κ1) is 20.2. The molecule has 1 aromatic rings. The van der Waals surface area contributed by atoms with Crippen molar-refractivity contribution in [2.75, 3.05) is 19.9 Å². The van der Waals surface area contributed by atoms with Crippen LogP contribution in [-0.4, -0.2) is 56.1 Å². The molecule has 1 aromatic carbocycles. The quantitative estimate of drug-likeness (QED) is 0.399. The van der Waals surface area contributed by atoms with Crippen molar-refractivity contribution in [1.29, 1.82) is 0 Å². The van der Waals surface area contributed by atoms with Gasteiger partial charge in [0.25, 0.3) is 0 Å². The van der Waals surface area contributed by atoms with Crippen LogP contribution in [0.4, 0.5) is 0 Å². The third-order valence-corrected chi connectivity index (χ3v) is 4.69. The van der Waals surface area contributed by atoms with Gasteiger partial charge in [-0.1, -0.05) is 30.3 Å². The highest BCUT2D eigenvalue weighted by atomic mass is 16.8. The summed E-state index contributed by atoms with van der Waals surface area (Å²) in [5, 5.41) is 3.41. The van der Waals surface area contributed by atoms with Gasteiger partial charge in [0.15, 0.2) is 5.79 Å². The van der Waals surface area contributed by atoms with Gasteiger partial charge in [-0.3, -0.25) is 10.1 Å². The topological polar surface area (TPSA) is 75.3 Å². The summed E-state index contributed by atoms with van der Waals surface area (Å²) in [6.45, 7) is 6.76. The number of rotatable bonds is 9. The minimum atomic E-state index is -0.641. The maximum Gasteiger partial charge on any atom is 0.302 e. The Morgan fingerprint density at radius 3 is 2.67 bits per heavy atom. The van der Waals surface area contributed by atoms with Gasteiger partial charge in [0, 0.05) is 13.0 Å². The van der Waals surface area contributed by atoms with E-state index < -0.39 is 5.79 Å². The number of carbonyl (C=O) groups excluding carboxylic acids is 1. The van der Waals surface area contributed by atoms with E-state index in [-0.39, 0.29) is 36.9 Å². The molecule has 1 saturated heterocycles. The molecule has 7 nitrogen and oxygen atoms in total. The zero-order chi connectivity index (χ0) is 19.3. The molecule has 4 unspecified atom stereocenters. The monoisotopic (exact) mass is 379 g/mol. The van der Waals surface area contributed by atoms with Crippen LogP contribution in [0, 0.1) is 0 Å². The smallest absolute Gasteiger partial charge is 0.302 e. The third-order valence-electron chi connectivity index (χ3n) is 4.69. The average Bonchev–Trinajstić information content (AvgIpc) is 3.10. The van der Waals surface area contributed by atoms with Crippen LogP contribution in [0.5, 0.6) is 0 Å². The molecule has 1 N–H and O–H groups in total. The Morgan fingerprint density at radius 1 is 1.19 bits per heavy atom. The van der Waals surface area contributed by atoms with E-state index in [2.05, 4.69) is 5.32 Å². The van der Waals surface area contributed by atoms with E-state index in [0.29, 0.717) is 19.9 Å². The summed E-state index contributed by atoms with van der Waals surface area (Å²) < 4.78 is 28.7. The van der Waals surface area contributed by atoms with Crippen molar-refractivity contribution in [1.82, 2.24) is 5.32 Å². The van der Waals surface area contributed by atoms with E-state index in [9.17, 15) is 4.79 Å².